The minimum atomic E-state index is -0.433. The van der Waals surface area contributed by atoms with Crippen molar-refractivity contribution in [3.63, 3.8) is 0 Å². The van der Waals surface area contributed by atoms with E-state index >= 15 is 0 Å². The molecule has 1 aliphatic carbocycles. The Morgan fingerprint density at radius 1 is 1.07 bits per heavy atom. The van der Waals surface area contributed by atoms with Crippen molar-refractivity contribution in [3.05, 3.63) is 33.7 Å². The number of carbonyl (C=O) groups is 2. The molecular weight excluding hydrogens is 394 g/mol. The lowest BCUT2D eigenvalue weighted by molar-refractivity contribution is 0.0601. The number of methoxy groups -OCH3 is 4. The summed E-state index contributed by atoms with van der Waals surface area (Å²) in [5, 5.41) is 3.39. The van der Waals surface area contributed by atoms with Crippen molar-refractivity contribution in [2.24, 2.45) is 5.92 Å². The van der Waals surface area contributed by atoms with E-state index in [4.69, 9.17) is 18.9 Å². The monoisotopic (exact) mass is 419 g/mol. The molecule has 1 atom stereocenters. The molecule has 0 fully saturated rings. The molecule has 0 aliphatic heterocycles. The highest BCUT2D eigenvalue weighted by Crippen LogP contribution is 2.41. The van der Waals surface area contributed by atoms with Crippen molar-refractivity contribution in [2.75, 3.05) is 33.8 Å². The number of ether oxygens (including phenoxy) is 4. The van der Waals surface area contributed by atoms with Gasteiger partial charge in [0.1, 0.15) is 5.00 Å². The molecule has 1 aromatic heterocycles. The van der Waals surface area contributed by atoms with Crippen molar-refractivity contribution < 1.29 is 28.5 Å². The number of amides is 1. The van der Waals surface area contributed by atoms with Crippen LogP contribution in [0.2, 0.25) is 0 Å². The predicted octanol–water partition coefficient (Wildman–Crippen LogP) is 3.94. The number of nitrogens with one attached hydrogen (secondary N) is 1. The lowest BCUT2D eigenvalue weighted by Gasteiger charge is -2.18. The number of rotatable bonds is 6. The van der Waals surface area contributed by atoms with Gasteiger partial charge in [0.25, 0.3) is 5.91 Å². The quantitative estimate of drug-likeness (QED) is 0.714. The largest absolute Gasteiger partial charge is 0.493 e. The molecule has 3 rings (SSSR count). The zero-order chi connectivity index (χ0) is 21.1. The zero-order valence-corrected chi connectivity index (χ0v) is 18.0. The summed E-state index contributed by atoms with van der Waals surface area (Å²) in [4.78, 5) is 26.5. The van der Waals surface area contributed by atoms with E-state index in [2.05, 4.69) is 12.2 Å². The van der Waals surface area contributed by atoms with Crippen LogP contribution < -0.4 is 19.5 Å². The van der Waals surface area contributed by atoms with Crippen LogP contribution in [0.1, 0.15) is 44.5 Å². The number of anilines is 1. The van der Waals surface area contributed by atoms with E-state index in [-0.39, 0.29) is 5.91 Å². The third-order valence-corrected chi connectivity index (χ3v) is 6.22. The van der Waals surface area contributed by atoms with E-state index in [9.17, 15) is 9.59 Å². The number of carbonyl (C=O) groups excluding carboxylic acids is 2. The Hall–Kier alpha value is -2.74. The molecule has 0 bridgehead atoms. The van der Waals surface area contributed by atoms with Crippen LogP contribution in [-0.4, -0.2) is 40.3 Å². The highest BCUT2D eigenvalue weighted by Gasteiger charge is 2.29. The van der Waals surface area contributed by atoms with Crippen LogP contribution in [0.3, 0.4) is 0 Å². The molecule has 156 valence electrons. The summed E-state index contributed by atoms with van der Waals surface area (Å²) in [6.45, 7) is 2.19. The van der Waals surface area contributed by atoms with Crippen molar-refractivity contribution >= 4 is 28.2 Å². The SMILES string of the molecule is COC(=O)c1c(NC(=O)c2cc(OC)c(OC)c(OC)c2)sc2c1CC[C@@H](C)C2. The van der Waals surface area contributed by atoms with Gasteiger partial charge < -0.3 is 24.3 Å². The van der Waals surface area contributed by atoms with Crippen LogP contribution in [0.15, 0.2) is 12.1 Å². The first-order chi connectivity index (χ1) is 13.9. The molecule has 0 saturated heterocycles. The van der Waals surface area contributed by atoms with Gasteiger partial charge in [-0.3, -0.25) is 4.79 Å². The minimum absolute atomic E-state index is 0.329. The second-order valence-electron chi connectivity index (χ2n) is 6.92. The fourth-order valence-corrected chi connectivity index (χ4v) is 4.94. The number of fused-ring (bicyclic) bond motifs is 1. The summed E-state index contributed by atoms with van der Waals surface area (Å²) in [6.07, 6.45) is 2.70. The van der Waals surface area contributed by atoms with Crippen LogP contribution in [-0.2, 0) is 17.6 Å². The van der Waals surface area contributed by atoms with Gasteiger partial charge >= 0.3 is 5.97 Å². The molecule has 8 heteroatoms. The third kappa shape index (κ3) is 4.03. The first-order valence-electron chi connectivity index (χ1n) is 9.27. The van der Waals surface area contributed by atoms with E-state index in [1.807, 2.05) is 0 Å². The van der Waals surface area contributed by atoms with Crippen LogP contribution in [0.4, 0.5) is 5.00 Å². The molecule has 1 aromatic carbocycles. The van der Waals surface area contributed by atoms with Gasteiger partial charge in [0.15, 0.2) is 11.5 Å². The smallest absolute Gasteiger partial charge is 0.341 e. The molecule has 1 amide bonds. The van der Waals surface area contributed by atoms with E-state index in [0.29, 0.717) is 39.3 Å². The summed E-state index contributed by atoms with van der Waals surface area (Å²) in [7, 11) is 5.83. The Morgan fingerprint density at radius 2 is 1.72 bits per heavy atom. The third-order valence-electron chi connectivity index (χ3n) is 5.06. The summed E-state index contributed by atoms with van der Waals surface area (Å²) >= 11 is 1.44. The van der Waals surface area contributed by atoms with Gasteiger partial charge in [-0.2, -0.15) is 0 Å². The maximum Gasteiger partial charge on any atom is 0.341 e. The van der Waals surface area contributed by atoms with E-state index in [1.54, 1.807) is 12.1 Å². The van der Waals surface area contributed by atoms with Crippen molar-refractivity contribution in [2.45, 2.75) is 26.2 Å². The maximum absolute atomic E-state index is 13.0. The highest BCUT2D eigenvalue weighted by atomic mass is 32.1. The molecule has 2 aromatic rings. The fourth-order valence-electron chi connectivity index (χ4n) is 3.54. The molecule has 1 N–H and O–H groups in total. The number of thiophene rings is 1. The Morgan fingerprint density at radius 3 is 2.28 bits per heavy atom. The van der Waals surface area contributed by atoms with Gasteiger partial charge in [0.05, 0.1) is 34.0 Å². The van der Waals surface area contributed by atoms with Crippen molar-refractivity contribution in [1.29, 1.82) is 0 Å². The Kier molecular flexibility index (Phi) is 6.32. The number of esters is 1. The van der Waals surface area contributed by atoms with E-state index in [1.165, 1.54) is 39.8 Å². The molecule has 29 heavy (non-hydrogen) atoms. The second-order valence-corrected chi connectivity index (χ2v) is 8.02. The topological polar surface area (TPSA) is 83.1 Å². The number of hydrogen-bond acceptors (Lipinski definition) is 7. The van der Waals surface area contributed by atoms with Crippen LogP contribution in [0.5, 0.6) is 17.2 Å². The van der Waals surface area contributed by atoms with Gasteiger partial charge in [0.2, 0.25) is 5.75 Å². The van der Waals surface area contributed by atoms with Crippen LogP contribution in [0, 0.1) is 5.92 Å². The minimum Gasteiger partial charge on any atom is -0.493 e. The average Bonchev–Trinajstić information content (AvgIpc) is 3.08. The lowest BCUT2D eigenvalue weighted by Crippen LogP contribution is -2.16. The molecule has 1 aliphatic rings. The summed E-state index contributed by atoms with van der Waals surface area (Å²) in [5.74, 6) is 0.903. The summed E-state index contributed by atoms with van der Waals surface area (Å²) in [5.41, 5.74) is 1.77. The second kappa shape index (κ2) is 8.73. The molecule has 1 heterocycles. The molecule has 0 saturated carbocycles. The first kappa shape index (κ1) is 21.0. The normalized spacial score (nSPS) is 15.3. The van der Waals surface area contributed by atoms with Gasteiger partial charge in [-0.15, -0.1) is 11.3 Å². The molecule has 7 nitrogen and oxygen atoms in total. The predicted molar refractivity (Wildman–Crippen MR) is 111 cm³/mol. The van der Waals surface area contributed by atoms with E-state index in [0.717, 1.165) is 29.7 Å². The molecule has 0 unspecified atom stereocenters. The van der Waals surface area contributed by atoms with Crippen LogP contribution in [0.25, 0.3) is 0 Å². The maximum atomic E-state index is 13.0. The number of benzene rings is 1. The average molecular weight is 419 g/mol. The van der Waals surface area contributed by atoms with Gasteiger partial charge in [-0.25, -0.2) is 4.79 Å². The fraction of sp³-hybridized carbons (Fsp3) is 0.429. The molecular formula is C21H25NO6S. The Balaban J connectivity index is 1.98. The molecule has 0 radical (unpaired) electrons. The van der Waals surface area contributed by atoms with Gasteiger partial charge in [-0.1, -0.05) is 6.92 Å². The van der Waals surface area contributed by atoms with E-state index < -0.39 is 5.97 Å². The van der Waals surface area contributed by atoms with Crippen molar-refractivity contribution in [3.8, 4) is 17.2 Å². The standard InChI is InChI=1S/C21H25NO6S/c1-11-6-7-13-16(8-11)29-20(17(13)21(24)28-5)22-19(23)12-9-14(25-2)18(27-4)15(10-12)26-3/h9-11H,6-8H2,1-5H3,(H,22,23)/t11-/m1/s1. The Labute approximate surface area is 173 Å². The van der Waals surface area contributed by atoms with Crippen molar-refractivity contribution in [1.82, 2.24) is 0 Å². The summed E-state index contributed by atoms with van der Waals surface area (Å²) in [6, 6.07) is 3.15. The summed E-state index contributed by atoms with van der Waals surface area (Å²) < 4.78 is 20.9. The number of hydrogen-bond donors (Lipinski definition) is 1. The molecule has 0 spiro atoms. The highest BCUT2D eigenvalue weighted by molar-refractivity contribution is 7.17. The Bertz CT molecular complexity index is 910. The van der Waals surface area contributed by atoms with Gasteiger partial charge in [-0.05, 0) is 42.9 Å². The first-order valence-corrected chi connectivity index (χ1v) is 10.1. The van der Waals surface area contributed by atoms with Gasteiger partial charge in [0, 0.05) is 10.4 Å². The zero-order valence-electron chi connectivity index (χ0n) is 17.2. The lowest BCUT2D eigenvalue weighted by atomic mass is 9.88. The van der Waals surface area contributed by atoms with Crippen LogP contribution >= 0.6 is 11.3 Å².